The summed E-state index contributed by atoms with van der Waals surface area (Å²) in [5.41, 5.74) is 7.92. The smallest absolute Gasteiger partial charge is 0.258 e. The number of halogens is 2. The number of hydrogen-bond acceptors (Lipinski definition) is 5. The van der Waals surface area contributed by atoms with E-state index in [1.165, 1.54) is 6.07 Å². The van der Waals surface area contributed by atoms with E-state index in [1.54, 1.807) is 12.4 Å². The van der Waals surface area contributed by atoms with Crippen molar-refractivity contribution in [3.63, 3.8) is 0 Å². The molecule has 3 N–H and O–H groups in total. The summed E-state index contributed by atoms with van der Waals surface area (Å²) in [7, 11) is 0. The van der Waals surface area contributed by atoms with E-state index in [-0.39, 0.29) is 34.4 Å². The fourth-order valence-corrected chi connectivity index (χ4v) is 5.04. The number of rotatable bonds is 6. The summed E-state index contributed by atoms with van der Waals surface area (Å²) < 4.78 is 23.3. The fourth-order valence-electron chi connectivity index (χ4n) is 4.82. The van der Waals surface area contributed by atoms with Crippen LogP contribution in [0, 0.1) is 18.7 Å². The molecule has 9 heteroatoms. The Morgan fingerprint density at radius 3 is 2.74 bits per heavy atom. The van der Waals surface area contributed by atoms with Crippen LogP contribution in [-0.4, -0.2) is 32.4 Å². The summed E-state index contributed by atoms with van der Waals surface area (Å²) in [6.07, 6.45) is 5.86. The number of aromatic nitrogens is 3. The molecule has 0 saturated heterocycles. The van der Waals surface area contributed by atoms with Gasteiger partial charge in [0, 0.05) is 29.9 Å². The predicted molar refractivity (Wildman–Crippen MR) is 131 cm³/mol. The minimum Gasteiger partial charge on any atom is -0.490 e. The normalized spacial score (nSPS) is 19.1. The van der Waals surface area contributed by atoms with E-state index in [4.69, 9.17) is 27.1 Å². The second-order valence-corrected chi connectivity index (χ2v) is 9.94. The maximum atomic E-state index is 15.4. The number of hydrogen-bond donors (Lipinski definition) is 2. The Labute approximate surface area is 203 Å². The fraction of sp³-hybridized carbons (Fsp3) is 0.480. The minimum absolute atomic E-state index is 0.00280. The van der Waals surface area contributed by atoms with Gasteiger partial charge >= 0.3 is 0 Å². The summed E-state index contributed by atoms with van der Waals surface area (Å²) in [5.74, 6) is 0.0596. The Morgan fingerprint density at radius 2 is 2.09 bits per heavy atom. The largest absolute Gasteiger partial charge is 0.490 e. The Morgan fingerprint density at radius 1 is 1.35 bits per heavy atom. The van der Waals surface area contributed by atoms with Crippen molar-refractivity contribution in [3.8, 4) is 5.75 Å². The number of fused-ring (bicyclic) bond motifs is 1. The zero-order valence-corrected chi connectivity index (χ0v) is 20.9. The maximum Gasteiger partial charge on any atom is 0.258 e. The number of benzene rings is 1. The number of aryl methyl sites for hydroxylation is 1. The van der Waals surface area contributed by atoms with E-state index in [1.807, 2.05) is 32.1 Å². The topological polar surface area (TPSA) is 94.5 Å². The standard InChI is InChI=1S/C25H31ClFN5O2/c1-12(2)34-22-17(14(4)24-30-15(5)21-23(28)29-8-9-32(21)24)11-18(26)20(27)19(22)25(33)31-16-7-6-13(3)10-16/h8-9,11-14,16H,6-7,10H2,1-5H3,(H2,28,29)(H,31,33)/t13-,14-,16-/m0/s1. The number of nitrogens with one attached hydrogen (secondary N) is 1. The Balaban J connectivity index is 1.84. The molecule has 1 amide bonds. The maximum absolute atomic E-state index is 15.4. The molecule has 0 radical (unpaired) electrons. The summed E-state index contributed by atoms with van der Waals surface area (Å²) in [6.45, 7) is 9.60. The van der Waals surface area contributed by atoms with Crippen molar-refractivity contribution in [3.05, 3.63) is 51.9 Å². The zero-order chi connectivity index (χ0) is 24.7. The number of carbonyl (C=O) groups is 1. The van der Waals surface area contributed by atoms with E-state index in [2.05, 4.69) is 17.2 Å². The molecule has 2 heterocycles. The quantitative estimate of drug-likeness (QED) is 0.494. The average Bonchev–Trinajstić information content (AvgIpc) is 3.33. The van der Waals surface area contributed by atoms with E-state index in [0.29, 0.717) is 28.6 Å². The molecule has 1 aliphatic carbocycles. The lowest BCUT2D eigenvalue weighted by atomic mass is 9.95. The molecule has 2 aromatic heterocycles. The lowest BCUT2D eigenvalue weighted by Crippen LogP contribution is -2.34. The molecule has 1 aromatic carbocycles. The van der Waals surface area contributed by atoms with Gasteiger partial charge in [0.1, 0.15) is 28.5 Å². The van der Waals surface area contributed by atoms with E-state index >= 15 is 4.39 Å². The van der Waals surface area contributed by atoms with Gasteiger partial charge in [-0.1, -0.05) is 25.4 Å². The first kappa shape index (κ1) is 24.3. The Bertz CT molecular complexity index is 1240. The van der Waals surface area contributed by atoms with Gasteiger partial charge in [-0.25, -0.2) is 14.4 Å². The highest BCUT2D eigenvalue weighted by Crippen LogP contribution is 2.40. The summed E-state index contributed by atoms with van der Waals surface area (Å²) in [4.78, 5) is 22.2. The van der Waals surface area contributed by atoms with Crippen molar-refractivity contribution in [2.75, 3.05) is 5.73 Å². The second-order valence-electron chi connectivity index (χ2n) is 9.53. The van der Waals surface area contributed by atoms with Gasteiger partial charge in [-0.15, -0.1) is 0 Å². The van der Waals surface area contributed by atoms with Crippen LogP contribution in [0.15, 0.2) is 18.5 Å². The van der Waals surface area contributed by atoms with Gasteiger partial charge in [0.05, 0.1) is 16.8 Å². The number of anilines is 1. The van der Waals surface area contributed by atoms with Gasteiger partial charge in [0.25, 0.3) is 5.91 Å². The Hall–Kier alpha value is -2.87. The summed E-state index contributed by atoms with van der Waals surface area (Å²) in [6, 6.07) is 1.53. The molecule has 0 spiro atoms. The molecule has 3 atom stereocenters. The van der Waals surface area contributed by atoms with Crippen LogP contribution < -0.4 is 15.8 Å². The van der Waals surface area contributed by atoms with Gasteiger partial charge < -0.3 is 15.8 Å². The molecule has 7 nitrogen and oxygen atoms in total. The van der Waals surface area contributed by atoms with Gasteiger partial charge in [0.2, 0.25) is 0 Å². The lowest BCUT2D eigenvalue weighted by molar-refractivity contribution is 0.0926. The van der Waals surface area contributed by atoms with Crippen LogP contribution in [-0.2, 0) is 0 Å². The van der Waals surface area contributed by atoms with E-state index in [9.17, 15) is 4.79 Å². The summed E-state index contributed by atoms with van der Waals surface area (Å²) in [5, 5.41) is 2.85. The highest BCUT2D eigenvalue weighted by Gasteiger charge is 2.32. The average molecular weight is 488 g/mol. The third-order valence-electron chi connectivity index (χ3n) is 6.45. The molecule has 4 rings (SSSR count). The number of amides is 1. The first-order valence-electron chi connectivity index (χ1n) is 11.7. The van der Waals surface area contributed by atoms with Crippen molar-refractivity contribution in [1.29, 1.82) is 0 Å². The summed E-state index contributed by atoms with van der Waals surface area (Å²) >= 11 is 6.32. The van der Waals surface area contributed by atoms with Crippen LogP contribution in [0.5, 0.6) is 5.75 Å². The molecule has 1 saturated carbocycles. The lowest BCUT2D eigenvalue weighted by Gasteiger charge is -2.23. The first-order valence-corrected chi connectivity index (χ1v) is 12.0. The van der Waals surface area contributed by atoms with Crippen LogP contribution >= 0.6 is 11.6 Å². The van der Waals surface area contributed by atoms with Crippen LogP contribution in [0.3, 0.4) is 0 Å². The third kappa shape index (κ3) is 4.43. The molecule has 182 valence electrons. The number of nitrogens with two attached hydrogens (primary N) is 1. The van der Waals surface area contributed by atoms with Crippen LogP contribution in [0.25, 0.3) is 5.52 Å². The number of nitrogen functional groups attached to an aromatic ring is 1. The monoisotopic (exact) mass is 487 g/mol. The SMILES string of the molecule is Cc1nc([C@@H](C)c2cc(Cl)c(F)c(C(=O)N[C@H]3CC[C@H](C)C3)c2OC(C)C)n2ccnc(N)c12. The van der Waals surface area contributed by atoms with Crippen LogP contribution in [0.4, 0.5) is 10.2 Å². The molecule has 0 aliphatic heterocycles. The Kier molecular flexibility index (Phi) is 6.71. The molecular weight excluding hydrogens is 457 g/mol. The van der Waals surface area contributed by atoms with Crippen molar-refractivity contribution < 1.29 is 13.9 Å². The van der Waals surface area contributed by atoms with Crippen molar-refractivity contribution in [1.82, 2.24) is 19.7 Å². The van der Waals surface area contributed by atoms with E-state index in [0.717, 1.165) is 25.0 Å². The van der Waals surface area contributed by atoms with E-state index < -0.39 is 11.7 Å². The first-order chi connectivity index (χ1) is 16.1. The molecule has 1 aliphatic rings. The molecule has 34 heavy (non-hydrogen) atoms. The van der Waals surface area contributed by atoms with Crippen LogP contribution in [0.2, 0.25) is 5.02 Å². The third-order valence-corrected chi connectivity index (χ3v) is 6.72. The van der Waals surface area contributed by atoms with Crippen molar-refractivity contribution >= 4 is 28.8 Å². The zero-order valence-electron chi connectivity index (χ0n) is 20.2. The molecule has 1 fully saturated rings. The molecule has 3 aromatic rings. The van der Waals surface area contributed by atoms with Gasteiger partial charge in [-0.05, 0) is 52.0 Å². The molecule has 0 bridgehead atoms. The van der Waals surface area contributed by atoms with Crippen molar-refractivity contribution in [2.45, 2.75) is 71.9 Å². The molecule has 0 unspecified atom stereocenters. The predicted octanol–water partition coefficient (Wildman–Crippen LogP) is 5.27. The van der Waals surface area contributed by atoms with Gasteiger partial charge in [-0.2, -0.15) is 0 Å². The van der Waals surface area contributed by atoms with Gasteiger partial charge in [-0.3, -0.25) is 9.20 Å². The number of carbonyl (C=O) groups excluding carboxylic acids is 1. The van der Waals surface area contributed by atoms with Crippen LogP contribution in [0.1, 0.15) is 80.3 Å². The molecular formula is C25H31ClFN5O2. The highest BCUT2D eigenvalue weighted by molar-refractivity contribution is 6.31. The highest BCUT2D eigenvalue weighted by atomic mass is 35.5. The number of imidazole rings is 1. The van der Waals surface area contributed by atoms with Crippen molar-refractivity contribution in [2.24, 2.45) is 5.92 Å². The van der Waals surface area contributed by atoms with Gasteiger partial charge in [0.15, 0.2) is 5.82 Å². The second kappa shape index (κ2) is 9.41. The number of ether oxygens (including phenoxy) is 1. The minimum atomic E-state index is -0.783. The number of nitrogens with zero attached hydrogens (tertiary/aromatic N) is 3.